The highest BCUT2D eigenvalue weighted by Crippen LogP contribution is 2.24. The van der Waals surface area contributed by atoms with E-state index >= 15 is 0 Å². The fourth-order valence-corrected chi connectivity index (χ4v) is 3.69. The van der Waals surface area contributed by atoms with Crippen molar-refractivity contribution in [2.75, 3.05) is 14.2 Å². The van der Waals surface area contributed by atoms with Crippen LogP contribution in [-0.4, -0.2) is 40.5 Å². The molecule has 0 fully saturated rings. The van der Waals surface area contributed by atoms with Crippen LogP contribution in [0.5, 0.6) is 0 Å². The van der Waals surface area contributed by atoms with Gasteiger partial charge in [0.15, 0.2) is 0 Å². The van der Waals surface area contributed by atoms with E-state index in [1.807, 2.05) is 42.2 Å². The zero-order valence-corrected chi connectivity index (χ0v) is 16.5. The summed E-state index contributed by atoms with van der Waals surface area (Å²) in [5.74, 6) is -0.651. The van der Waals surface area contributed by atoms with Crippen LogP contribution in [-0.2, 0) is 18.3 Å². The number of ether oxygens (including phenoxy) is 1. The van der Waals surface area contributed by atoms with E-state index in [4.69, 9.17) is 4.74 Å². The molecule has 3 aromatic rings. The molecule has 0 aliphatic heterocycles. The summed E-state index contributed by atoms with van der Waals surface area (Å²) in [4.78, 5) is 31.1. The van der Waals surface area contributed by atoms with Gasteiger partial charge in [0.1, 0.15) is 5.01 Å². The lowest BCUT2D eigenvalue weighted by molar-refractivity contribution is 0.0600. The average molecular weight is 383 g/mol. The second-order valence-corrected chi connectivity index (χ2v) is 7.28. The Morgan fingerprint density at radius 2 is 2.00 bits per heavy atom. The molecule has 7 heteroatoms. The number of thiazole rings is 1. The Hall–Kier alpha value is -2.93. The third-order valence-electron chi connectivity index (χ3n) is 4.23. The van der Waals surface area contributed by atoms with E-state index in [-0.39, 0.29) is 5.91 Å². The van der Waals surface area contributed by atoms with Gasteiger partial charge in [-0.05, 0) is 42.8 Å². The molecule has 0 atom stereocenters. The summed E-state index contributed by atoms with van der Waals surface area (Å²) in [7, 11) is 4.97. The van der Waals surface area contributed by atoms with Crippen molar-refractivity contribution < 1.29 is 14.3 Å². The molecule has 0 spiro atoms. The molecule has 6 nitrogen and oxygen atoms in total. The number of aryl methyl sites for hydroxylation is 2. The van der Waals surface area contributed by atoms with Crippen LogP contribution in [0, 0.1) is 6.92 Å². The minimum atomic E-state index is -0.474. The van der Waals surface area contributed by atoms with Crippen molar-refractivity contribution >= 4 is 23.2 Å². The molecule has 0 saturated carbocycles. The van der Waals surface area contributed by atoms with Gasteiger partial charge in [-0.1, -0.05) is 0 Å². The first-order valence-electron chi connectivity index (χ1n) is 8.40. The largest absolute Gasteiger partial charge is 0.465 e. The van der Waals surface area contributed by atoms with E-state index in [0.717, 1.165) is 22.0 Å². The third-order valence-corrected chi connectivity index (χ3v) is 5.18. The first-order valence-corrected chi connectivity index (χ1v) is 9.28. The second kappa shape index (κ2) is 7.75. The molecule has 0 aliphatic carbocycles. The fraction of sp³-hybridized carbons (Fsp3) is 0.250. The lowest BCUT2D eigenvalue weighted by Gasteiger charge is -2.17. The molecule has 2 heterocycles. The second-order valence-electron chi connectivity index (χ2n) is 6.34. The van der Waals surface area contributed by atoms with Crippen LogP contribution in [0.3, 0.4) is 0 Å². The van der Waals surface area contributed by atoms with Crippen LogP contribution in [0.2, 0.25) is 0 Å². The number of esters is 1. The number of carbonyl (C=O) groups is 2. The molecule has 2 aromatic heterocycles. The maximum Gasteiger partial charge on any atom is 0.337 e. The van der Waals surface area contributed by atoms with Crippen molar-refractivity contribution in [3.8, 4) is 11.3 Å². The monoisotopic (exact) mass is 383 g/mol. The van der Waals surface area contributed by atoms with Crippen LogP contribution in [0.1, 0.15) is 31.4 Å². The van der Waals surface area contributed by atoms with Crippen molar-refractivity contribution in [2.45, 2.75) is 13.5 Å². The Balaban J connectivity index is 1.96. The minimum Gasteiger partial charge on any atom is -0.465 e. The number of carbonyl (C=O) groups excluding carboxylic acids is 2. The molecule has 140 valence electrons. The predicted octanol–water partition coefficient (Wildman–Crippen LogP) is 3.52. The van der Waals surface area contributed by atoms with Gasteiger partial charge in [-0.25, -0.2) is 9.78 Å². The minimum absolute atomic E-state index is 0.177. The Morgan fingerprint density at radius 3 is 2.59 bits per heavy atom. The lowest BCUT2D eigenvalue weighted by atomic mass is 10.0. The van der Waals surface area contributed by atoms with Crippen molar-refractivity contribution in [3.63, 3.8) is 0 Å². The quantitative estimate of drug-likeness (QED) is 0.633. The van der Waals surface area contributed by atoms with E-state index in [1.54, 1.807) is 30.1 Å². The molecule has 0 N–H and O–H groups in total. The maximum absolute atomic E-state index is 13.0. The normalized spacial score (nSPS) is 10.7. The molecule has 1 aromatic carbocycles. The molecule has 1 amide bonds. The highest BCUT2D eigenvalue weighted by molar-refractivity contribution is 7.09. The molecule has 3 rings (SSSR count). The average Bonchev–Trinajstić information content (AvgIpc) is 3.27. The van der Waals surface area contributed by atoms with E-state index in [0.29, 0.717) is 17.7 Å². The number of amides is 1. The summed E-state index contributed by atoms with van der Waals surface area (Å²) in [5.41, 5.74) is 3.41. The van der Waals surface area contributed by atoms with Crippen LogP contribution in [0.4, 0.5) is 0 Å². The van der Waals surface area contributed by atoms with Gasteiger partial charge in [-0.3, -0.25) is 4.79 Å². The number of nitrogens with zero attached hydrogens (tertiary/aromatic N) is 3. The third kappa shape index (κ3) is 4.09. The van der Waals surface area contributed by atoms with Crippen molar-refractivity contribution in [3.05, 3.63) is 63.7 Å². The van der Waals surface area contributed by atoms with Crippen molar-refractivity contribution in [2.24, 2.45) is 7.05 Å². The van der Waals surface area contributed by atoms with Gasteiger partial charge in [0.25, 0.3) is 5.91 Å². The molecular weight excluding hydrogens is 362 g/mol. The first-order chi connectivity index (χ1) is 12.9. The summed E-state index contributed by atoms with van der Waals surface area (Å²) in [6, 6.07) is 8.96. The van der Waals surface area contributed by atoms with Crippen LogP contribution >= 0.6 is 11.3 Å². The van der Waals surface area contributed by atoms with E-state index < -0.39 is 5.97 Å². The Morgan fingerprint density at radius 1 is 1.26 bits per heavy atom. The van der Waals surface area contributed by atoms with E-state index in [9.17, 15) is 9.59 Å². The highest BCUT2D eigenvalue weighted by Gasteiger charge is 2.18. The maximum atomic E-state index is 13.0. The topological polar surface area (TPSA) is 64.4 Å². The highest BCUT2D eigenvalue weighted by atomic mass is 32.1. The summed E-state index contributed by atoms with van der Waals surface area (Å²) in [6.07, 6.45) is 1.92. The van der Waals surface area contributed by atoms with Gasteiger partial charge in [0.05, 0.1) is 19.2 Å². The van der Waals surface area contributed by atoms with Crippen molar-refractivity contribution in [1.29, 1.82) is 0 Å². The Bertz CT molecular complexity index is 990. The van der Waals surface area contributed by atoms with E-state index in [1.165, 1.54) is 18.4 Å². The summed E-state index contributed by atoms with van der Waals surface area (Å²) >= 11 is 1.52. The number of rotatable bonds is 5. The van der Waals surface area contributed by atoms with Crippen molar-refractivity contribution in [1.82, 2.24) is 14.5 Å². The van der Waals surface area contributed by atoms with Crippen LogP contribution < -0.4 is 0 Å². The molecule has 0 aliphatic rings. The summed E-state index contributed by atoms with van der Waals surface area (Å²) < 4.78 is 6.79. The lowest BCUT2D eigenvalue weighted by Crippen LogP contribution is -2.26. The summed E-state index contributed by atoms with van der Waals surface area (Å²) in [5, 5.41) is 2.83. The standard InChI is InChI=1S/C20H21N3O3S/c1-13-12-27-18(21-13)11-23(3)19(24)15-8-14(17-6-5-7-22(17)2)9-16(10-15)20(25)26-4/h5-10,12H,11H2,1-4H3. The molecule has 0 bridgehead atoms. The molecule has 27 heavy (non-hydrogen) atoms. The first kappa shape index (κ1) is 18.8. The number of hydrogen-bond acceptors (Lipinski definition) is 5. The summed E-state index contributed by atoms with van der Waals surface area (Å²) in [6.45, 7) is 2.34. The zero-order valence-electron chi connectivity index (χ0n) is 15.7. The molecule has 0 saturated heterocycles. The van der Waals surface area contributed by atoms with Gasteiger partial charge in [-0.2, -0.15) is 0 Å². The molecule has 0 unspecified atom stereocenters. The smallest absolute Gasteiger partial charge is 0.337 e. The molecule has 0 radical (unpaired) electrons. The van der Waals surface area contributed by atoms with Crippen LogP contribution in [0.25, 0.3) is 11.3 Å². The van der Waals surface area contributed by atoms with Gasteiger partial charge in [0.2, 0.25) is 0 Å². The Labute approximate surface area is 162 Å². The Kier molecular flexibility index (Phi) is 5.41. The van der Waals surface area contributed by atoms with Gasteiger partial charge >= 0.3 is 5.97 Å². The van der Waals surface area contributed by atoms with Gasteiger partial charge in [0, 0.05) is 42.6 Å². The predicted molar refractivity (Wildman–Crippen MR) is 105 cm³/mol. The zero-order chi connectivity index (χ0) is 19.6. The number of hydrogen-bond donors (Lipinski definition) is 0. The number of aromatic nitrogens is 2. The molecular formula is C20H21N3O3S. The van der Waals surface area contributed by atoms with Crippen LogP contribution in [0.15, 0.2) is 41.9 Å². The van der Waals surface area contributed by atoms with E-state index in [2.05, 4.69) is 4.98 Å². The number of benzene rings is 1. The van der Waals surface area contributed by atoms with Gasteiger partial charge < -0.3 is 14.2 Å². The fourth-order valence-electron chi connectivity index (χ4n) is 2.87. The van der Waals surface area contributed by atoms with Gasteiger partial charge in [-0.15, -0.1) is 11.3 Å². The SMILES string of the molecule is COC(=O)c1cc(C(=O)N(C)Cc2nc(C)cs2)cc(-c2cccn2C)c1. The number of methoxy groups -OCH3 is 1.